The van der Waals surface area contributed by atoms with Gasteiger partial charge in [-0.1, -0.05) is 243 Å². The first-order valence-electron chi connectivity index (χ1n) is 38.6. The van der Waals surface area contributed by atoms with Crippen molar-refractivity contribution < 1.29 is 0 Å². The topological polar surface area (TPSA) is 83.2 Å². The summed E-state index contributed by atoms with van der Waals surface area (Å²) >= 11 is 0. The van der Waals surface area contributed by atoms with E-state index in [1.807, 2.05) is 48.5 Å². The van der Waals surface area contributed by atoms with Crippen LogP contribution in [-0.2, 0) is 0 Å². The van der Waals surface area contributed by atoms with Gasteiger partial charge in [-0.25, -0.2) is 9.97 Å². The van der Waals surface area contributed by atoms with Crippen molar-refractivity contribution in [3.63, 3.8) is 0 Å². The molecular weight excluding hydrogens is 1380 g/mol. The third-order valence-corrected chi connectivity index (χ3v) is 23.2. The van der Waals surface area contributed by atoms with Gasteiger partial charge in [-0.2, -0.15) is 10.5 Å². The Hall–Kier alpha value is -15.6. The van der Waals surface area contributed by atoms with E-state index in [9.17, 15) is 10.5 Å². The second kappa shape index (κ2) is 26.6. The minimum Gasteiger partial charge on any atom is -0.309 e. The van der Waals surface area contributed by atoms with Crippen LogP contribution in [0.25, 0.3) is 220 Å². The van der Waals surface area contributed by atoms with Crippen LogP contribution in [-0.4, -0.2) is 19.1 Å². The highest BCUT2D eigenvalue weighted by Crippen LogP contribution is 2.45. The SMILES string of the molecule is N#Cc1ccc2c(c1)c1cc(-c3ccc4cc(-c5cc6ccc7cc(-c8nc(-c9ccccc9)cc(-c9ccccc9)n8)cc8ccc(c5)c6c78)ccc4c3)ccc1n2-c1ccccc1.N#Cc1ccc2c3ccc(-c4cccc(-c5cc6ccc7cc(-c8ccccc8)cc8ccc(c5)c6c78)c4)cc3n(-c3ccccc3)c2c1. The van der Waals surface area contributed by atoms with Crippen molar-refractivity contribution in [3.05, 3.63) is 399 Å². The molecule has 20 aromatic carbocycles. The lowest BCUT2D eigenvalue weighted by atomic mass is 9.89. The zero-order valence-electron chi connectivity index (χ0n) is 61.6. The molecular formula is C108H64N6. The van der Waals surface area contributed by atoms with Gasteiger partial charge in [0.1, 0.15) is 0 Å². The highest BCUT2D eigenvalue weighted by molar-refractivity contribution is 6.26. The summed E-state index contributed by atoms with van der Waals surface area (Å²) in [5.41, 5.74) is 24.7. The van der Waals surface area contributed by atoms with Gasteiger partial charge < -0.3 is 9.13 Å². The van der Waals surface area contributed by atoms with Gasteiger partial charge in [0.2, 0.25) is 0 Å². The Morgan fingerprint density at radius 3 is 1.00 bits per heavy atom. The third kappa shape index (κ3) is 11.2. The van der Waals surface area contributed by atoms with Crippen LogP contribution in [0.4, 0.5) is 0 Å². The van der Waals surface area contributed by atoms with Crippen LogP contribution in [0.5, 0.6) is 0 Å². The molecule has 0 saturated heterocycles. The van der Waals surface area contributed by atoms with Crippen LogP contribution >= 0.6 is 0 Å². The second-order valence-electron chi connectivity index (χ2n) is 29.9. The molecule has 23 aromatic rings. The molecule has 0 amide bonds. The molecule has 0 N–H and O–H groups in total. The van der Waals surface area contributed by atoms with Crippen molar-refractivity contribution >= 4 is 119 Å². The number of rotatable bonds is 10. The van der Waals surface area contributed by atoms with Crippen molar-refractivity contribution in [2.75, 3.05) is 0 Å². The monoisotopic (exact) mass is 1440 g/mol. The fourth-order valence-electron chi connectivity index (χ4n) is 17.8. The van der Waals surface area contributed by atoms with Crippen LogP contribution in [0, 0.1) is 22.7 Å². The minimum atomic E-state index is 0.658. The number of nitrogens with zero attached hydrogens (tertiary/aromatic N) is 6. The average molecular weight is 1450 g/mol. The van der Waals surface area contributed by atoms with Gasteiger partial charge in [0.15, 0.2) is 5.82 Å². The van der Waals surface area contributed by atoms with Gasteiger partial charge in [0, 0.05) is 49.6 Å². The number of aromatic nitrogens is 4. The summed E-state index contributed by atoms with van der Waals surface area (Å²) in [5, 5.41) is 41.4. The summed E-state index contributed by atoms with van der Waals surface area (Å²) in [5.74, 6) is 0.713. The van der Waals surface area contributed by atoms with Gasteiger partial charge >= 0.3 is 0 Å². The zero-order valence-corrected chi connectivity index (χ0v) is 61.6. The highest BCUT2D eigenvalue weighted by atomic mass is 15.0. The third-order valence-electron chi connectivity index (χ3n) is 23.2. The van der Waals surface area contributed by atoms with Crippen molar-refractivity contribution in [2.24, 2.45) is 0 Å². The predicted molar refractivity (Wildman–Crippen MR) is 475 cm³/mol. The molecule has 0 aliphatic heterocycles. The number of nitriles is 2. The van der Waals surface area contributed by atoms with Crippen molar-refractivity contribution in [2.45, 2.75) is 0 Å². The Balaban J connectivity index is 0.000000145. The Morgan fingerprint density at radius 1 is 0.193 bits per heavy atom. The Bertz CT molecular complexity index is 7710. The number of hydrogen-bond donors (Lipinski definition) is 0. The van der Waals surface area contributed by atoms with Crippen LogP contribution in [0.2, 0.25) is 0 Å². The van der Waals surface area contributed by atoms with Gasteiger partial charge in [0.05, 0.1) is 56.7 Å². The van der Waals surface area contributed by atoms with Crippen molar-refractivity contribution in [3.8, 4) is 113 Å². The van der Waals surface area contributed by atoms with Crippen molar-refractivity contribution in [1.82, 2.24) is 19.1 Å². The zero-order chi connectivity index (χ0) is 75.5. The lowest BCUT2D eigenvalue weighted by molar-refractivity contribution is 1.18. The van der Waals surface area contributed by atoms with Crippen LogP contribution in [0.15, 0.2) is 388 Å². The molecule has 0 spiro atoms. The maximum atomic E-state index is 9.78. The smallest absolute Gasteiger partial charge is 0.160 e. The number of benzene rings is 20. The molecule has 3 heterocycles. The van der Waals surface area contributed by atoms with Crippen LogP contribution in [0.3, 0.4) is 0 Å². The molecule has 0 saturated carbocycles. The van der Waals surface area contributed by atoms with Gasteiger partial charge in [-0.3, -0.25) is 0 Å². The van der Waals surface area contributed by atoms with Gasteiger partial charge in [-0.05, 0) is 277 Å². The van der Waals surface area contributed by atoms with Crippen LogP contribution < -0.4 is 0 Å². The number of fused-ring (bicyclic) bond motifs is 7. The first-order valence-corrected chi connectivity index (χ1v) is 38.6. The molecule has 6 heteroatoms. The maximum absolute atomic E-state index is 9.78. The fourth-order valence-corrected chi connectivity index (χ4v) is 17.8. The molecule has 114 heavy (non-hydrogen) atoms. The molecule has 0 atom stereocenters. The normalized spacial score (nSPS) is 11.7. The molecule has 0 fully saturated rings. The molecule has 6 nitrogen and oxygen atoms in total. The van der Waals surface area contributed by atoms with Gasteiger partial charge in [0.25, 0.3) is 0 Å². The first kappa shape index (κ1) is 65.5. The van der Waals surface area contributed by atoms with Gasteiger partial charge in [-0.15, -0.1) is 0 Å². The van der Waals surface area contributed by atoms with E-state index in [-0.39, 0.29) is 0 Å². The summed E-state index contributed by atoms with van der Waals surface area (Å²) < 4.78 is 4.57. The largest absolute Gasteiger partial charge is 0.309 e. The molecule has 526 valence electrons. The van der Waals surface area contributed by atoms with Crippen LogP contribution in [0.1, 0.15) is 11.1 Å². The number of para-hydroxylation sites is 2. The lowest BCUT2D eigenvalue weighted by Crippen LogP contribution is -1.96. The molecule has 3 aromatic heterocycles. The Morgan fingerprint density at radius 2 is 0.509 bits per heavy atom. The molecule has 0 aliphatic carbocycles. The van der Waals surface area contributed by atoms with E-state index in [1.165, 1.54) is 120 Å². The average Bonchev–Trinajstić information content (AvgIpc) is 1.59. The van der Waals surface area contributed by atoms with E-state index in [2.05, 4.69) is 361 Å². The summed E-state index contributed by atoms with van der Waals surface area (Å²) in [7, 11) is 0. The minimum absolute atomic E-state index is 0.658. The first-order chi connectivity index (χ1) is 56.3. The highest BCUT2D eigenvalue weighted by Gasteiger charge is 2.21. The van der Waals surface area contributed by atoms with Crippen molar-refractivity contribution in [1.29, 1.82) is 10.5 Å². The Labute approximate surface area is 656 Å². The molecule has 0 radical (unpaired) electrons. The van der Waals surface area contributed by atoms with E-state index >= 15 is 0 Å². The summed E-state index contributed by atoms with van der Waals surface area (Å²) in [4.78, 5) is 10.3. The predicted octanol–water partition coefficient (Wildman–Crippen LogP) is 28.4. The quantitative estimate of drug-likeness (QED) is 0.128. The van der Waals surface area contributed by atoms with E-state index in [0.29, 0.717) is 17.0 Å². The van der Waals surface area contributed by atoms with E-state index in [1.54, 1.807) is 0 Å². The summed E-state index contributed by atoms with van der Waals surface area (Å²) in [6.45, 7) is 0. The van der Waals surface area contributed by atoms with E-state index < -0.39 is 0 Å². The molecule has 23 rings (SSSR count). The Kier molecular flexibility index (Phi) is 15.3. The lowest BCUT2D eigenvalue weighted by Gasteiger charge is -2.15. The second-order valence-corrected chi connectivity index (χ2v) is 29.9. The maximum Gasteiger partial charge on any atom is 0.160 e. The van der Waals surface area contributed by atoms with E-state index in [0.717, 1.165) is 94.4 Å². The number of hydrogen-bond acceptors (Lipinski definition) is 4. The fraction of sp³-hybridized carbons (Fsp3) is 0. The summed E-state index contributed by atoms with van der Waals surface area (Å²) in [6, 6.07) is 143. The standard InChI is InChI=1S/C61H36N4.C47H28N2/c62-37-38-16-26-57-53(28-38)54-35-45(25-27-58(54)65(57)52-14-8-3-9-15-52)43-18-17-42-30-44(20-19-41(42)29-43)50-31-46-21-23-48-33-51(34-49-24-22-47(32-50)59(46)60(48)49)61-63-55(39-10-4-1-5-11-39)36-56(64-61)40-12-6-2-7-13-40;48-29-30-14-20-42-43-21-19-34(28-45(43)49(44(42)22-30)41-12-5-2-6-13-41)32-10-7-11-33(23-32)40-26-37-17-15-35-24-39(31-8-3-1-4-9-31)25-36-16-18-38(27-40)47(37)46(35)36/h1-36H;1-28H. The molecule has 0 aliphatic rings. The molecule has 0 unspecified atom stereocenters. The summed E-state index contributed by atoms with van der Waals surface area (Å²) in [6.07, 6.45) is 0. The molecule has 0 bridgehead atoms. The van der Waals surface area contributed by atoms with E-state index in [4.69, 9.17) is 9.97 Å².